The van der Waals surface area contributed by atoms with Crippen LogP contribution in [0.25, 0.3) is 0 Å². The molecule has 2 aromatic carbocycles. The summed E-state index contributed by atoms with van der Waals surface area (Å²) in [5.74, 6) is -0.793. The summed E-state index contributed by atoms with van der Waals surface area (Å²) in [6.07, 6.45) is 6.35. The first-order chi connectivity index (χ1) is 18.7. The Balaban J connectivity index is 1.29. The first-order valence-electron chi connectivity index (χ1n) is 13.9. The van der Waals surface area contributed by atoms with Crippen LogP contribution in [0.5, 0.6) is 0 Å². The fraction of sp³-hybridized carbons (Fsp3) is 0.517. The second kappa shape index (κ2) is 12.0. The summed E-state index contributed by atoms with van der Waals surface area (Å²) in [6, 6.07) is 9.86. The number of benzene rings is 2. The second-order valence-electron chi connectivity index (χ2n) is 10.9. The Kier molecular flexibility index (Phi) is 8.61. The molecule has 210 valence electrons. The highest BCUT2D eigenvalue weighted by molar-refractivity contribution is 7.89. The summed E-state index contributed by atoms with van der Waals surface area (Å²) in [4.78, 5) is 28.7. The van der Waals surface area contributed by atoms with Crippen molar-refractivity contribution in [3.05, 3.63) is 63.7 Å². The lowest BCUT2D eigenvalue weighted by atomic mass is 9.86. The van der Waals surface area contributed by atoms with Gasteiger partial charge in [0.2, 0.25) is 21.8 Å². The van der Waals surface area contributed by atoms with Gasteiger partial charge in [-0.25, -0.2) is 8.42 Å². The lowest BCUT2D eigenvalue weighted by molar-refractivity contribution is -0.132. The average Bonchev–Trinajstić information content (AvgIpc) is 2.90. The topological polar surface area (TPSA) is 98.8 Å². The normalized spacial score (nSPS) is 22.7. The van der Waals surface area contributed by atoms with E-state index in [0.29, 0.717) is 10.6 Å². The highest BCUT2D eigenvalue weighted by Gasteiger charge is 2.40. The maximum atomic E-state index is 13.6. The Hall–Kier alpha value is -2.46. The molecule has 10 heteroatoms. The van der Waals surface area contributed by atoms with Crippen LogP contribution in [0, 0.1) is 6.92 Å². The number of amides is 2. The van der Waals surface area contributed by atoms with Gasteiger partial charge in [-0.15, -0.1) is 0 Å². The monoisotopic (exact) mass is 572 g/mol. The zero-order valence-electron chi connectivity index (χ0n) is 22.4. The molecule has 8 nitrogen and oxygen atoms in total. The van der Waals surface area contributed by atoms with Crippen LogP contribution < -0.4 is 10.6 Å². The number of piperidine rings is 1. The molecule has 2 amide bonds. The van der Waals surface area contributed by atoms with Crippen LogP contribution >= 0.6 is 11.6 Å². The molecule has 3 aliphatic rings. The molecule has 5 rings (SSSR count). The lowest BCUT2D eigenvalue weighted by Gasteiger charge is -2.34. The van der Waals surface area contributed by atoms with Crippen molar-refractivity contribution in [2.24, 2.45) is 0 Å². The van der Waals surface area contributed by atoms with Gasteiger partial charge < -0.3 is 10.6 Å². The SMILES string of the molecule is Cc1cc(Cl)ccc1S(=O)(=O)N1CCNC(=O)C1CC(=O)N[C@@H]1CCCc2cc(CN3CCCCC3)ccc21. The largest absolute Gasteiger partial charge is 0.353 e. The number of aryl methyl sites for hydroxylation is 2. The molecule has 2 heterocycles. The Morgan fingerprint density at radius 2 is 1.87 bits per heavy atom. The van der Waals surface area contributed by atoms with Gasteiger partial charge in [-0.2, -0.15) is 4.31 Å². The molecular weight excluding hydrogens is 536 g/mol. The van der Waals surface area contributed by atoms with E-state index in [9.17, 15) is 18.0 Å². The average molecular weight is 573 g/mol. The number of fused-ring (bicyclic) bond motifs is 1. The summed E-state index contributed by atoms with van der Waals surface area (Å²) in [5, 5.41) is 6.26. The Bertz CT molecular complexity index is 1340. The van der Waals surface area contributed by atoms with Crippen molar-refractivity contribution in [1.29, 1.82) is 0 Å². The quantitative estimate of drug-likeness (QED) is 0.527. The van der Waals surface area contributed by atoms with Gasteiger partial charge >= 0.3 is 0 Å². The van der Waals surface area contributed by atoms with Crippen molar-refractivity contribution in [1.82, 2.24) is 19.8 Å². The zero-order chi connectivity index (χ0) is 27.6. The molecule has 2 aliphatic heterocycles. The number of carbonyl (C=O) groups is 2. The third-order valence-electron chi connectivity index (χ3n) is 8.10. The van der Waals surface area contributed by atoms with Crippen molar-refractivity contribution < 1.29 is 18.0 Å². The van der Waals surface area contributed by atoms with Gasteiger partial charge in [-0.3, -0.25) is 14.5 Å². The van der Waals surface area contributed by atoms with E-state index in [1.54, 1.807) is 13.0 Å². The molecule has 0 saturated carbocycles. The van der Waals surface area contributed by atoms with E-state index in [2.05, 4.69) is 33.7 Å². The van der Waals surface area contributed by atoms with Gasteiger partial charge in [0, 0.05) is 24.7 Å². The number of nitrogens with one attached hydrogen (secondary N) is 2. The number of halogens is 1. The minimum Gasteiger partial charge on any atom is -0.353 e. The molecule has 0 spiro atoms. The highest BCUT2D eigenvalue weighted by Crippen LogP contribution is 2.32. The van der Waals surface area contributed by atoms with Crippen molar-refractivity contribution in [2.75, 3.05) is 26.2 Å². The molecule has 2 fully saturated rings. The molecule has 2 N–H and O–H groups in total. The fourth-order valence-electron chi connectivity index (χ4n) is 6.13. The summed E-state index contributed by atoms with van der Waals surface area (Å²) < 4.78 is 28.3. The van der Waals surface area contributed by atoms with Crippen LogP contribution in [0.15, 0.2) is 41.3 Å². The minimum absolute atomic E-state index is 0.0913. The predicted octanol–water partition coefficient (Wildman–Crippen LogP) is 3.71. The van der Waals surface area contributed by atoms with Crippen molar-refractivity contribution in [3.63, 3.8) is 0 Å². The first kappa shape index (κ1) is 28.1. The van der Waals surface area contributed by atoms with E-state index < -0.39 is 22.0 Å². The summed E-state index contributed by atoms with van der Waals surface area (Å²) in [7, 11) is -4.01. The third kappa shape index (κ3) is 6.32. The molecule has 0 aromatic heterocycles. The van der Waals surface area contributed by atoms with Gasteiger partial charge in [-0.05, 0) is 92.6 Å². The van der Waals surface area contributed by atoms with Crippen LogP contribution in [-0.2, 0) is 32.6 Å². The molecule has 0 bridgehead atoms. The molecule has 0 radical (unpaired) electrons. The number of nitrogens with zero attached hydrogens (tertiary/aromatic N) is 2. The van der Waals surface area contributed by atoms with Gasteiger partial charge in [0.1, 0.15) is 6.04 Å². The standard InChI is InChI=1S/C29H37ClN4O4S/c1-20-16-23(30)9-11-27(20)39(37,38)34-15-12-31-29(36)26(34)18-28(35)32-25-7-5-6-22-17-21(8-10-24(22)25)19-33-13-3-2-4-14-33/h8-11,16-17,25-26H,2-7,12-15,18-19H2,1H3,(H,31,36)(H,32,35)/t25-,26?/m1/s1. The van der Waals surface area contributed by atoms with E-state index >= 15 is 0 Å². The van der Waals surface area contributed by atoms with Crippen molar-refractivity contribution in [3.8, 4) is 0 Å². The highest BCUT2D eigenvalue weighted by atomic mass is 35.5. The van der Waals surface area contributed by atoms with Gasteiger partial charge in [0.25, 0.3) is 0 Å². The number of piperazine rings is 1. The maximum absolute atomic E-state index is 13.6. The lowest BCUT2D eigenvalue weighted by Crippen LogP contribution is -2.58. The van der Waals surface area contributed by atoms with Crippen molar-refractivity contribution >= 4 is 33.4 Å². The van der Waals surface area contributed by atoms with E-state index in [4.69, 9.17) is 11.6 Å². The number of sulfonamides is 1. The smallest absolute Gasteiger partial charge is 0.244 e. The van der Waals surface area contributed by atoms with E-state index in [0.717, 1.165) is 48.8 Å². The van der Waals surface area contributed by atoms with E-state index in [-0.39, 0.29) is 36.4 Å². The van der Waals surface area contributed by atoms with Gasteiger partial charge in [0.05, 0.1) is 17.4 Å². The Morgan fingerprint density at radius 1 is 1.08 bits per heavy atom. The summed E-state index contributed by atoms with van der Waals surface area (Å²) >= 11 is 6.03. The third-order valence-corrected chi connectivity index (χ3v) is 10.4. The molecule has 39 heavy (non-hydrogen) atoms. The first-order valence-corrected chi connectivity index (χ1v) is 15.7. The predicted molar refractivity (Wildman–Crippen MR) is 151 cm³/mol. The van der Waals surface area contributed by atoms with Crippen LogP contribution in [0.2, 0.25) is 5.02 Å². The summed E-state index contributed by atoms with van der Waals surface area (Å²) in [5.41, 5.74) is 4.18. The Labute approximate surface area is 236 Å². The van der Waals surface area contributed by atoms with Crippen LogP contribution in [-0.4, -0.2) is 61.7 Å². The van der Waals surface area contributed by atoms with Crippen LogP contribution in [0.3, 0.4) is 0 Å². The molecule has 1 aliphatic carbocycles. The molecule has 2 saturated heterocycles. The number of hydrogen-bond donors (Lipinski definition) is 2. The second-order valence-corrected chi connectivity index (χ2v) is 13.2. The number of likely N-dealkylation sites (tertiary alicyclic amines) is 1. The zero-order valence-corrected chi connectivity index (χ0v) is 24.0. The maximum Gasteiger partial charge on any atom is 0.244 e. The molecule has 2 aromatic rings. The van der Waals surface area contributed by atoms with Crippen LogP contribution in [0.1, 0.15) is 66.8 Å². The van der Waals surface area contributed by atoms with Crippen molar-refractivity contribution in [2.45, 2.75) is 75.4 Å². The number of carbonyl (C=O) groups excluding carboxylic acids is 2. The molecular formula is C29H37ClN4O4S. The summed E-state index contributed by atoms with van der Waals surface area (Å²) in [6.45, 7) is 5.21. The number of hydrogen-bond acceptors (Lipinski definition) is 5. The van der Waals surface area contributed by atoms with Gasteiger partial charge in [-0.1, -0.05) is 36.2 Å². The minimum atomic E-state index is -4.01. The molecule has 2 atom stereocenters. The fourth-order valence-corrected chi connectivity index (χ4v) is 8.15. The van der Waals surface area contributed by atoms with E-state index in [1.165, 1.54) is 42.5 Å². The Morgan fingerprint density at radius 3 is 2.64 bits per heavy atom. The van der Waals surface area contributed by atoms with Crippen LogP contribution in [0.4, 0.5) is 0 Å². The van der Waals surface area contributed by atoms with Gasteiger partial charge in [0.15, 0.2) is 0 Å². The van der Waals surface area contributed by atoms with E-state index in [1.807, 2.05) is 0 Å². The number of rotatable bonds is 7. The molecule has 1 unspecified atom stereocenters.